The minimum absolute atomic E-state index is 0.0909. The van der Waals surface area contributed by atoms with Crippen molar-refractivity contribution in [3.05, 3.63) is 54.0 Å². The standard InChI is InChI=1S/C26H34N4O5S/c1-18(2)23-24-21(30(26(23)32)36(3,33)34)11-12-29(24)25(31)22-10-9-20(35-22)17-27-13-15-28(16-14-27)19-7-5-4-6-8-19/h4-10,18,21,23-24H,11-17H2,1-3H3/t21-,23+,24-/m0/s1. The largest absolute Gasteiger partial charge is 0.455 e. The summed E-state index contributed by atoms with van der Waals surface area (Å²) in [7, 11) is -3.71. The Bertz CT molecular complexity index is 1220. The monoisotopic (exact) mass is 514 g/mol. The Morgan fingerprint density at radius 3 is 2.36 bits per heavy atom. The van der Waals surface area contributed by atoms with E-state index in [1.807, 2.05) is 26.0 Å². The van der Waals surface area contributed by atoms with Gasteiger partial charge >= 0.3 is 0 Å². The van der Waals surface area contributed by atoms with Crippen molar-refractivity contribution >= 4 is 27.5 Å². The van der Waals surface area contributed by atoms with Gasteiger partial charge in [-0.25, -0.2) is 12.7 Å². The van der Waals surface area contributed by atoms with Crippen molar-refractivity contribution in [1.29, 1.82) is 0 Å². The highest BCUT2D eigenvalue weighted by Gasteiger charge is 2.58. The summed E-state index contributed by atoms with van der Waals surface area (Å²) in [4.78, 5) is 32.8. The third-order valence-corrected chi connectivity index (χ3v) is 8.84. The van der Waals surface area contributed by atoms with Crippen LogP contribution in [0.4, 0.5) is 5.69 Å². The predicted octanol–water partition coefficient (Wildman–Crippen LogP) is 2.26. The Kier molecular flexibility index (Phi) is 6.59. The first kappa shape index (κ1) is 24.8. The molecule has 0 N–H and O–H groups in total. The fourth-order valence-electron chi connectivity index (χ4n) is 6.01. The SMILES string of the molecule is CC(C)[C@H]1C(=O)N(S(C)(=O)=O)[C@H]2CCN(C(=O)c3ccc(CN4CCN(c5ccccc5)CC4)o3)[C@H]12. The molecule has 0 bridgehead atoms. The Hall–Kier alpha value is -2.85. The first-order valence-electron chi connectivity index (χ1n) is 12.6. The van der Waals surface area contributed by atoms with Gasteiger partial charge in [-0.2, -0.15) is 0 Å². The van der Waals surface area contributed by atoms with Crippen LogP contribution < -0.4 is 4.90 Å². The first-order chi connectivity index (χ1) is 17.1. The molecule has 3 fully saturated rings. The Labute approximate surface area is 212 Å². The zero-order valence-corrected chi connectivity index (χ0v) is 21.9. The van der Waals surface area contributed by atoms with Crippen LogP contribution in [0.1, 0.15) is 36.6 Å². The molecule has 0 saturated carbocycles. The van der Waals surface area contributed by atoms with E-state index < -0.39 is 33.9 Å². The third kappa shape index (κ3) is 4.52. The van der Waals surface area contributed by atoms with Gasteiger partial charge in [-0.15, -0.1) is 0 Å². The molecule has 1 aromatic carbocycles. The Balaban J connectivity index is 1.25. The predicted molar refractivity (Wildman–Crippen MR) is 136 cm³/mol. The molecule has 3 saturated heterocycles. The molecule has 2 amide bonds. The molecule has 0 aliphatic carbocycles. The molecule has 0 unspecified atom stereocenters. The van der Waals surface area contributed by atoms with Crippen LogP contribution in [0.25, 0.3) is 0 Å². The van der Waals surface area contributed by atoms with Crippen LogP contribution >= 0.6 is 0 Å². The fraction of sp³-hybridized carbons (Fsp3) is 0.538. The molecular formula is C26H34N4O5S. The number of piperazine rings is 1. The lowest BCUT2D eigenvalue weighted by molar-refractivity contribution is -0.129. The summed E-state index contributed by atoms with van der Waals surface area (Å²) in [5, 5.41) is 0. The number of fused-ring (bicyclic) bond motifs is 1. The number of sulfonamides is 1. The molecule has 5 rings (SSSR count). The summed E-state index contributed by atoms with van der Waals surface area (Å²) in [6.07, 6.45) is 1.51. The summed E-state index contributed by atoms with van der Waals surface area (Å²) in [5.41, 5.74) is 1.23. The van der Waals surface area contributed by atoms with E-state index in [9.17, 15) is 18.0 Å². The zero-order chi connectivity index (χ0) is 25.6. The van der Waals surface area contributed by atoms with Crippen molar-refractivity contribution in [3.63, 3.8) is 0 Å². The van der Waals surface area contributed by atoms with Gasteiger partial charge in [-0.1, -0.05) is 32.0 Å². The number of amides is 2. The maximum atomic E-state index is 13.5. The number of furan rings is 1. The van der Waals surface area contributed by atoms with E-state index in [4.69, 9.17) is 4.42 Å². The molecule has 9 nitrogen and oxygen atoms in total. The second kappa shape index (κ2) is 9.55. The van der Waals surface area contributed by atoms with Crippen LogP contribution in [-0.4, -0.2) is 85.4 Å². The van der Waals surface area contributed by atoms with Gasteiger partial charge in [0, 0.05) is 38.4 Å². The molecule has 4 heterocycles. The average Bonchev–Trinajstić information content (AvgIpc) is 3.53. The van der Waals surface area contributed by atoms with Gasteiger partial charge < -0.3 is 14.2 Å². The van der Waals surface area contributed by atoms with E-state index in [1.165, 1.54) is 5.69 Å². The maximum Gasteiger partial charge on any atom is 0.289 e. The summed E-state index contributed by atoms with van der Waals surface area (Å²) in [6.45, 7) is 8.46. The summed E-state index contributed by atoms with van der Waals surface area (Å²) < 4.78 is 31.7. The molecule has 3 atom stereocenters. The fourth-order valence-corrected chi connectivity index (χ4v) is 7.18. The summed E-state index contributed by atoms with van der Waals surface area (Å²) >= 11 is 0. The third-order valence-electron chi connectivity index (χ3n) is 7.67. The second-order valence-corrected chi connectivity index (χ2v) is 12.2. The van der Waals surface area contributed by atoms with Gasteiger partial charge in [-0.05, 0) is 36.6 Å². The van der Waals surface area contributed by atoms with Gasteiger partial charge in [0.2, 0.25) is 15.9 Å². The molecule has 2 aromatic rings. The number of carbonyl (C=O) groups is 2. The van der Waals surface area contributed by atoms with Crippen LogP contribution in [0.2, 0.25) is 0 Å². The van der Waals surface area contributed by atoms with E-state index in [0.29, 0.717) is 19.5 Å². The van der Waals surface area contributed by atoms with Crippen LogP contribution in [0.15, 0.2) is 46.9 Å². The summed E-state index contributed by atoms with van der Waals surface area (Å²) in [5.74, 6) is -0.367. The van der Waals surface area contributed by atoms with Crippen molar-refractivity contribution in [3.8, 4) is 0 Å². The number of benzene rings is 1. The normalized spacial score (nSPS) is 25.2. The van der Waals surface area contributed by atoms with Crippen LogP contribution in [0.5, 0.6) is 0 Å². The highest BCUT2D eigenvalue weighted by molar-refractivity contribution is 7.88. The molecular weight excluding hydrogens is 480 g/mol. The topological polar surface area (TPSA) is 94.4 Å². The van der Waals surface area contributed by atoms with E-state index in [2.05, 4.69) is 34.1 Å². The molecule has 36 heavy (non-hydrogen) atoms. The van der Waals surface area contributed by atoms with Crippen LogP contribution in [-0.2, 0) is 21.4 Å². The Morgan fingerprint density at radius 1 is 1.03 bits per heavy atom. The lowest BCUT2D eigenvalue weighted by atomic mass is 9.88. The van der Waals surface area contributed by atoms with Crippen molar-refractivity contribution in [2.24, 2.45) is 11.8 Å². The van der Waals surface area contributed by atoms with Gasteiger partial charge in [0.1, 0.15) is 5.76 Å². The molecule has 3 aliphatic heterocycles. The van der Waals surface area contributed by atoms with E-state index >= 15 is 0 Å². The quantitative estimate of drug-likeness (QED) is 0.584. The zero-order valence-electron chi connectivity index (χ0n) is 21.0. The molecule has 0 radical (unpaired) electrons. The average molecular weight is 515 g/mol. The number of nitrogens with zero attached hydrogens (tertiary/aromatic N) is 4. The number of carbonyl (C=O) groups excluding carboxylic acids is 2. The smallest absolute Gasteiger partial charge is 0.289 e. The van der Waals surface area contributed by atoms with Gasteiger partial charge in [0.05, 0.1) is 30.8 Å². The molecule has 10 heteroatoms. The van der Waals surface area contributed by atoms with Crippen molar-refractivity contribution in [1.82, 2.24) is 14.1 Å². The van der Waals surface area contributed by atoms with Crippen LogP contribution in [0, 0.1) is 11.8 Å². The highest BCUT2D eigenvalue weighted by Crippen LogP contribution is 2.41. The molecule has 194 valence electrons. The number of likely N-dealkylation sites (tertiary alicyclic amines) is 1. The van der Waals surface area contributed by atoms with E-state index in [1.54, 1.807) is 11.0 Å². The van der Waals surface area contributed by atoms with E-state index in [0.717, 1.165) is 42.5 Å². The maximum absolute atomic E-state index is 13.5. The van der Waals surface area contributed by atoms with E-state index in [-0.39, 0.29) is 17.6 Å². The molecule has 1 aromatic heterocycles. The minimum Gasteiger partial charge on any atom is -0.455 e. The van der Waals surface area contributed by atoms with Gasteiger partial charge in [-0.3, -0.25) is 14.5 Å². The first-order valence-corrected chi connectivity index (χ1v) is 14.5. The number of rotatable bonds is 6. The lowest BCUT2D eigenvalue weighted by Crippen LogP contribution is -2.45. The Morgan fingerprint density at radius 2 is 1.72 bits per heavy atom. The molecule has 3 aliphatic rings. The van der Waals surface area contributed by atoms with Crippen molar-refractivity contribution in [2.75, 3.05) is 43.9 Å². The number of hydrogen-bond acceptors (Lipinski definition) is 7. The number of anilines is 1. The van der Waals surface area contributed by atoms with Gasteiger partial charge in [0.15, 0.2) is 5.76 Å². The number of hydrogen-bond donors (Lipinski definition) is 0. The minimum atomic E-state index is -3.71. The van der Waals surface area contributed by atoms with Crippen LogP contribution in [0.3, 0.4) is 0 Å². The highest BCUT2D eigenvalue weighted by atomic mass is 32.2. The summed E-state index contributed by atoms with van der Waals surface area (Å²) in [6, 6.07) is 12.9. The lowest BCUT2D eigenvalue weighted by Gasteiger charge is -2.35. The van der Waals surface area contributed by atoms with Gasteiger partial charge in [0.25, 0.3) is 5.91 Å². The van der Waals surface area contributed by atoms with Crippen molar-refractivity contribution in [2.45, 2.75) is 38.9 Å². The second-order valence-electron chi connectivity index (χ2n) is 10.4. The number of para-hydroxylation sites is 1. The molecule has 0 spiro atoms. The van der Waals surface area contributed by atoms with Crippen molar-refractivity contribution < 1.29 is 22.4 Å².